The highest BCUT2D eigenvalue weighted by Gasteiger charge is 2.18. The molecule has 0 amide bonds. The van der Waals surface area contributed by atoms with Crippen LogP contribution in [0, 0.1) is 0 Å². The van der Waals surface area contributed by atoms with Crippen LogP contribution in [0.4, 0.5) is 5.69 Å². The van der Waals surface area contributed by atoms with E-state index in [1.807, 2.05) is 56.6 Å². The van der Waals surface area contributed by atoms with Gasteiger partial charge in [0, 0.05) is 22.9 Å². The van der Waals surface area contributed by atoms with Crippen molar-refractivity contribution in [2.75, 3.05) is 32.5 Å². The molecule has 7 heteroatoms. The number of aromatic nitrogens is 3. The average molecular weight is 426 g/mol. The Balaban J connectivity index is 1.94. The van der Waals surface area contributed by atoms with Gasteiger partial charge in [0.25, 0.3) is 5.56 Å². The number of aromatic amines is 2. The third-order valence-electron chi connectivity index (χ3n) is 4.46. The Morgan fingerprint density at radius 3 is 2.70 bits per heavy atom. The summed E-state index contributed by atoms with van der Waals surface area (Å²) in [4.78, 5) is 25.9. The quantitative estimate of drug-likeness (QED) is 0.454. The highest BCUT2D eigenvalue weighted by molar-refractivity contribution is 9.10. The monoisotopic (exact) mass is 425 g/mol. The van der Waals surface area contributed by atoms with Gasteiger partial charge < -0.3 is 20.2 Å². The molecule has 4 rings (SSSR count). The van der Waals surface area contributed by atoms with E-state index >= 15 is 0 Å². The van der Waals surface area contributed by atoms with Crippen molar-refractivity contribution in [2.24, 2.45) is 0 Å². The lowest BCUT2D eigenvalue weighted by Crippen LogP contribution is -2.22. The van der Waals surface area contributed by atoms with Crippen LogP contribution < -0.4 is 10.9 Å². The van der Waals surface area contributed by atoms with E-state index in [9.17, 15) is 4.79 Å². The number of H-pyrrole nitrogens is 2. The predicted octanol–water partition coefficient (Wildman–Crippen LogP) is 3.81. The van der Waals surface area contributed by atoms with Gasteiger partial charge in [0.2, 0.25) is 0 Å². The van der Waals surface area contributed by atoms with Gasteiger partial charge in [-0.3, -0.25) is 4.79 Å². The van der Waals surface area contributed by atoms with Crippen LogP contribution in [0.5, 0.6) is 0 Å². The van der Waals surface area contributed by atoms with E-state index < -0.39 is 0 Å². The van der Waals surface area contributed by atoms with Crippen molar-refractivity contribution in [2.45, 2.75) is 0 Å². The zero-order valence-corrected chi connectivity index (χ0v) is 16.7. The smallest absolute Gasteiger partial charge is 0.261 e. The minimum absolute atomic E-state index is 0.170. The second kappa shape index (κ2) is 7.17. The summed E-state index contributed by atoms with van der Waals surface area (Å²) in [5, 5.41) is 4.40. The van der Waals surface area contributed by atoms with Gasteiger partial charge in [-0.2, -0.15) is 0 Å². The number of hydrogen-bond donors (Lipinski definition) is 3. The molecule has 4 aromatic rings. The molecule has 2 heterocycles. The minimum Gasteiger partial charge on any atom is -0.382 e. The Kier molecular flexibility index (Phi) is 4.72. The Labute approximate surface area is 164 Å². The van der Waals surface area contributed by atoms with Crippen molar-refractivity contribution < 1.29 is 0 Å². The SMILES string of the molecule is CN(C)CCNc1c(-c2nc3ccccc3[nH]2)c(=O)[nH]c2ccc(Br)cc12. The average Bonchev–Trinajstić information content (AvgIpc) is 3.05. The van der Waals surface area contributed by atoms with Crippen LogP contribution in [0.3, 0.4) is 0 Å². The molecular weight excluding hydrogens is 406 g/mol. The first-order valence-corrected chi connectivity index (χ1v) is 9.51. The number of rotatable bonds is 5. The van der Waals surface area contributed by atoms with Crippen LogP contribution >= 0.6 is 15.9 Å². The van der Waals surface area contributed by atoms with E-state index in [-0.39, 0.29) is 5.56 Å². The van der Waals surface area contributed by atoms with Crippen LogP contribution in [-0.4, -0.2) is 47.0 Å². The summed E-state index contributed by atoms with van der Waals surface area (Å²) in [5.74, 6) is 0.562. The van der Waals surface area contributed by atoms with Gasteiger partial charge in [-0.25, -0.2) is 4.98 Å². The molecule has 0 fully saturated rings. The van der Waals surface area contributed by atoms with Crippen LogP contribution in [0.1, 0.15) is 0 Å². The maximum Gasteiger partial charge on any atom is 0.261 e. The Bertz CT molecular complexity index is 1150. The topological polar surface area (TPSA) is 76.8 Å². The normalized spacial score (nSPS) is 11.6. The van der Waals surface area contributed by atoms with Crippen molar-refractivity contribution >= 4 is 43.6 Å². The molecule has 0 spiro atoms. The maximum atomic E-state index is 12.9. The molecule has 0 saturated heterocycles. The lowest BCUT2D eigenvalue weighted by Gasteiger charge is -2.16. The van der Waals surface area contributed by atoms with Gasteiger partial charge in [-0.15, -0.1) is 0 Å². The largest absolute Gasteiger partial charge is 0.382 e. The second-order valence-corrected chi connectivity index (χ2v) is 7.64. The number of nitrogens with zero attached hydrogens (tertiary/aromatic N) is 2. The minimum atomic E-state index is -0.170. The third kappa shape index (κ3) is 3.48. The first-order valence-electron chi connectivity index (χ1n) is 8.72. The Morgan fingerprint density at radius 2 is 1.93 bits per heavy atom. The fourth-order valence-electron chi connectivity index (χ4n) is 3.15. The summed E-state index contributed by atoms with van der Waals surface area (Å²) in [7, 11) is 4.04. The first-order chi connectivity index (χ1) is 13.0. The summed E-state index contributed by atoms with van der Waals surface area (Å²) in [6, 6.07) is 13.6. The van der Waals surface area contributed by atoms with Crippen LogP contribution in [0.2, 0.25) is 0 Å². The van der Waals surface area contributed by atoms with Crippen LogP contribution in [0.25, 0.3) is 33.3 Å². The second-order valence-electron chi connectivity index (χ2n) is 6.73. The maximum absolute atomic E-state index is 12.9. The standard InChI is InChI=1S/C20H20BrN5O/c1-26(2)10-9-22-18-13-11-12(21)7-8-14(13)25-20(27)17(18)19-23-15-5-3-4-6-16(15)24-19/h3-8,11H,9-10H2,1-2H3,(H,23,24)(H2,22,25,27). The molecule has 6 nitrogen and oxygen atoms in total. The Hall–Kier alpha value is -2.64. The van der Waals surface area contributed by atoms with E-state index in [0.717, 1.165) is 38.6 Å². The molecule has 0 saturated carbocycles. The molecule has 0 atom stereocenters. The van der Waals surface area contributed by atoms with Gasteiger partial charge in [-0.1, -0.05) is 28.1 Å². The number of halogens is 1. The number of para-hydroxylation sites is 2. The number of pyridine rings is 1. The fourth-order valence-corrected chi connectivity index (χ4v) is 3.51. The summed E-state index contributed by atoms with van der Waals surface area (Å²) in [5.41, 5.74) is 3.67. The molecule has 0 aliphatic heterocycles. The predicted molar refractivity (Wildman–Crippen MR) is 114 cm³/mol. The highest BCUT2D eigenvalue weighted by Crippen LogP contribution is 2.32. The van der Waals surface area contributed by atoms with E-state index in [0.29, 0.717) is 17.9 Å². The molecule has 0 radical (unpaired) electrons. The summed E-state index contributed by atoms with van der Waals surface area (Å²) in [6.07, 6.45) is 0. The van der Waals surface area contributed by atoms with Crippen molar-refractivity contribution in [1.29, 1.82) is 0 Å². The molecule has 0 aliphatic rings. The number of nitrogens with one attached hydrogen (secondary N) is 3. The van der Waals surface area contributed by atoms with Gasteiger partial charge in [0.1, 0.15) is 11.4 Å². The van der Waals surface area contributed by atoms with Crippen LogP contribution in [-0.2, 0) is 0 Å². The van der Waals surface area contributed by atoms with E-state index in [1.54, 1.807) is 0 Å². The Morgan fingerprint density at radius 1 is 1.11 bits per heavy atom. The zero-order chi connectivity index (χ0) is 19.0. The number of fused-ring (bicyclic) bond motifs is 2. The molecular formula is C20H20BrN5O. The number of anilines is 1. The number of likely N-dealkylation sites (N-methyl/N-ethyl adjacent to an activating group) is 1. The van der Waals surface area contributed by atoms with Crippen molar-refractivity contribution in [1.82, 2.24) is 19.9 Å². The van der Waals surface area contributed by atoms with E-state index in [2.05, 4.69) is 41.1 Å². The number of imidazole rings is 1. The first kappa shape index (κ1) is 17.8. The van der Waals surface area contributed by atoms with E-state index in [4.69, 9.17) is 0 Å². The van der Waals surface area contributed by atoms with Gasteiger partial charge in [-0.05, 0) is 44.4 Å². The molecule has 0 unspecified atom stereocenters. The molecule has 3 N–H and O–H groups in total. The van der Waals surface area contributed by atoms with Gasteiger partial charge >= 0.3 is 0 Å². The lowest BCUT2D eigenvalue weighted by molar-refractivity contribution is 0.425. The van der Waals surface area contributed by atoms with Crippen molar-refractivity contribution in [3.8, 4) is 11.4 Å². The molecule has 0 aliphatic carbocycles. The van der Waals surface area contributed by atoms with Crippen molar-refractivity contribution in [3.63, 3.8) is 0 Å². The number of hydrogen-bond acceptors (Lipinski definition) is 4. The number of benzene rings is 2. The van der Waals surface area contributed by atoms with Gasteiger partial charge in [0.15, 0.2) is 0 Å². The van der Waals surface area contributed by atoms with E-state index in [1.165, 1.54) is 0 Å². The molecule has 27 heavy (non-hydrogen) atoms. The molecule has 138 valence electrons. The highest BCUT2D eigenvalue weighted by atomic mass is 79.9. The lowest BCUT2D eigenvalue weighted by atomic mass is 10.1. The van der Waals surface area contributed by atoms with Crippen molar-refractivity contribution in [3.05, 3.63) is 57.3 Å². The summed E-state index contributed by atoms with van der Waals surface area (Å²) < 4.78 is 0.952. The summed E-state index contributed by atoms with van der Waals surface area (Å²) in [6.45, 7) is 1.56. The molecule has 2 aromatic heterocycles. The third-order valence-corrected chi connectivity index (χ3v) is 4.96. The van der Waals surface area contributed by atoms with Gasteiger partial charge in [0.05, 0.1) is 22.2 Å². The fraction of sp³-hybridized carbons (Fsp3) is 0.200. The summed E-state index contributed by atoms with van der Waals surface area (Å²) >= 11 is 3.53. The molecule has 0 bridgehead atoms. The van der Waals surface area contributed by atoms with Crippen LogP contribution in [0.15, 0.2) is 51.7 Å². The zero-order valence-electron chi connectivity index (χ0n) is 15.1. The molecule has 2 aromatic carbocycles.